The lowest BCUT2D eigenvalue weighted by molar-refractivity contribution is 0.0789. The summed E-state index contributed by atoms with van der Waals surface area (Å²) in [5.41, 5.74) is 2.51. The Bertz CT molecular complexity index is 1440. The molecule has 4 rings (SSSR count). The van der Waals surface area contributed by atoms with Crippen LogP contribution in [0, 0.1) is 0 Å². The van der Waals surface area contributed by atoms with Crippen molar-refractivity contribution in [2.45, 2.75) is 43.9 Å². The molecule has 1 fully saturated rings. The topological polar surface area (TPSA) is 105 Å². The van der Waals surface area contributed by atoms with Gasteiger partial charge in [-0.1, -0.05) is 39.0 Å². The van der Waals surface area contributed by atoms with Crippen LogP contribution in [0.1, 0.15) is 59.9 Å². The molecular weight excluding hydrogens is 502 g/mol. The van der Waals surface area contributed by atoms with E-state index in [-0.39, 0.29) is 33.4 Å². The summed E-state index contributed by atoms with van der Waals surface area (Å²) in [4.78, 5) is 27.4. The third kappa shape index (κ3) is 6.16. The minimum atomic E-state index is -4.02. The van der Waals surface area contributed by atoms with E-state index in [2.05, 4.69) is 30.8 Å². The second-order valence-electron chi connectivity index (χ2n) is 10.3. The van der Waals surface area contributed by atoms with Gasteiger partial charge in [0.15, 0.2) is 0 Å². The fourth-order valence-electron chi connectivity index (χ4n) is 4.31. The zero-order valence-electron chi connectivity index (χ0n) is 22.1. The van der Waals surface area contributed by atoms with Gasteiger partial charge in [-0.3, -0.25) is 14.3 Å². The molecular formula is C29H33N3O5S. The van der Waals surface area contributed by atoms with Gasteiger partial charge in [0.25, 0.3) is 21.8 Å². The number of hydrogen-bond donors (Lipinski definition) is 2. The fourth-order valence-corrected chi connectivity index (χ4v) is 5.39. The predicted molar refractivity (Wildman–Crippen MR) is 148 cm³/mol. The number of sulfonamides is 1. The molecule has 0 aliphatic carbocycles. The zero-order valence-corrected chi connectivity index (χ0v) is 22.9. The van der Waals surface area contributed by atoms with Crippen LogP contribution < -0.4 is 14.8 Å². The van der Waals surface area contributed by atoms with Gasteiger partial charge in [0.05, 0.1) is 23.3 Å². The smallest absolute Gasteiger partial charge is 0.261 e. The van der Waals surface area contributed by atoms with Gasteiger partial charge in [0.1, 0.15) is 5.75 Å². The quantitative estimate of drug-likeness (QED) is 0.428. The SMILES string of the molecule is COc1ccc(S(=O)(=O)Nc2cccc(NC(=O)c3ccc(C(C)(C)C)cc3)c2)cc1C(=O)N1CCCC1. The molecule has 200 valence electrons. The van der Waals surface area contributed by atoms with E-state index in [0.717, 1.165) is 18.4 Å². The van der Waals surface area contributed by atoms with Crippen LogP contribution in [0.2, 0.25) is 0 Å². The molecule has 3 aromatic rings. The number of rotatable bonds is 7. The molecule has 0 saturated carbocycles. The standard InChI is InChI=1S/C29H33N3O5S/c1-29(2,3)21-12-10-20(11-13-21)27(33)30-22-8-7-9-23(18-22)31-38(35,36)24-14-15-26(37-4)25(19-24)28(34)32-16-5-6-17-32/h7-15,18-19,31H,5-6,16-17H2,1-4H3,(H,30,33). The van der Waals surface area contributed by atoms with Crippen LogP contribution in [0.4, 0.5) is 11.4 Å². The highest BCUT2D eigenvalue weighted by molar-refractivity contribution is 7.92. The Morgan fingerprint density at radius 1 is 0.895 bits per heavy atom. The molecule has 1 aliphatic rings. The molecule has 8 nitrogen and oxygen atoms in total. The van der Waals surface area contributed by atoms with Gasteiger partial charge in [-0.15, -0.1) is 0 Å². The Hall–Kier alpha value is -3.85. The molecule has 0 radical (unpaired) electrons. The summed E-state index contributed by atoms with van der Waals surface area (Å²) in [7, 11) is -2.58. The van der Waals surface area contributed by atoms with E-state index in [1.807, 2.05) is 12.1 Å². The van der Waals surface area contributed by atoms with Crippen LogP contribution in [-0.4, -0.2) is 45.3 Å². The van der Waals surface area contributed by atoms with Gasteiger partial charge in [-0.25, -0.2) is 8.42 Å². The largest absolute Gasteiger partial charge is 0.496 e. The number of carbonyl (C=O) groups excluding carboxylic acids is 2. The maximum Gasteiger partial charge on any atom is 0.261 e. The molecule has 1 saturated heterocycles. The summed E-state index contributed by atoms with van der Waals surface area (Å²) in [5.74, 6) is -0.233. The highest BCUT2D eigenvalue weighted by atomic mass is 32.2. The average molecular weight is 536 g/mol. The monoisotopic (exact) mass is 535 g/mol. The highest BCUT2D eigenvalue weighted by Gasteiger charge is 2.25. The van der Waals surface area contributed by atoms with Crippen molar-refractivity contribution in [1.29, 1.82) is 0 Å². The van der Waals surface area contributed by atoms with Gasteiger partial charge in [0, 0.05) is 24.3 Å². The molecule has 3 aromatic carbocycles. The molecule has 0 bridgehead atoms. The first-order valence-corrected chi connectivity index (χ1v) is 14.0. The van der Waals surface area contributed by atoms with E-state index < -0.39 is 10.0 Å². The molecule has 0 spiro atoms. The maximum absolute atomic E-state index is 13.2. The lowest BCUT2D eigenvalue weighted by atomic mass is 9.87. The summed E-state index contributed by atoms with van der Waals surface area (Å²) in [5, 5.41) is 2.81. The first kappa shape index (κ1) is 27.2. The van der Waals surface area contributed by atoms with Gasteiger partial charge >= 0.3 is 0 Å². The Kier molecular flexibility index (Phi) is 7.78. The molecule has 0 unspecified atom stereocenters. The van der Waals surface area contributed by atoms with E-state index in [9.17, 15) is 18.0 Å². The summed E-state index contributed by atoms with van der Waals surface area (Å²) in [6, 6.07) is 18.1. The van der Waals surface area contributed by atoms with Gasteiger partial charge in [-0.2, -0.15) is 0 Å². The number of ether oxygens (including phenoxy) is 1. The van der Waals surface area contributed by atoms with Crippen LogP contribution in [0.25, 0.3) is 0 Å². The number of amides is 2. The Balaban J connectivity index is 1.51. The summed E-state index contributed by atoms with van der Waals surface area (Å²) in [6.45, 7) is 7.58. The lowest BCUT2D eigenvalue weighted by Gasteiger charge is -2.19. The maximum atomic E-state index is 13.2. The number of methoxy groups -OCH3 is 1. The Labute approximate surface area is 224 Å². The third-order valence-corrected chi connectivity index (χ3v) is 7.87. The second kappa shape index (κ2) is 10.9. The number of benzene rings is 3. The van der Waals surface area contributed by atoms with Crippen molar-refractivity contribution in [3.05, 3.63) is 83.4 Å². The van der Waals surface area contributed by atoms with Gasteiger partial charge in [-0.05, 0) is 72.4 Å². The summed E-state index contributed by atoms with van der Waals surface area (Å²) in [6.07, 6.45) is 1.84. The molecule has 9 heteroatoms. The fraction of sp³-hybridized carbons (Fsp3) is 0.310. The van der Waals surface area contributed by atoms with Crippen molar-refractivity contribution >= 4 is 33.2 Å². The van der Waals surface area contributed by atoms with E-state index in [4.69, 9.17) is 4.74 Å². The number of nitrogens with one attached hydrogen (secondary N) is 2. The van der Waals surface area contributed by atoms with Crippen molar-refractivity contribution in [3.8, 4) is 5.75 Å². The van der Waals surface area contributed by atoms with Crippen molar-refractivity contribution in [3.63, 3.8) is 0 Å². The average Bonchev–Trinajstić information content (AvgIpc) is 3.42. The van der Waals surface area contributed by atoms with Crippen LogP contribution in [-0.2, 0) is 15.4 Å². The summed E-state index contributed by atoms with van der Waals surface area (Å²) >= 11 is 0. The molecule has 2 N–H and O–H groups in total. The van der Waals surface area contributed by atoms with E-state index in [0.29, 0.717) is 30.1 Å². The predicted octanol–water partition coefficient (Wildman–Crippen LogP) is 5.28. The lowest BCUT2D eigenvalue weighted by Crippen LogP contribution is -2.28. The zero-order chi connectivity index (χ0) is 27.5. The van der Waals surface area contributed by atoms with Crippen LogP contribution in [0.5, 0.6) is 5.75 Å². The molecule has 1 heterocycles. The first-order valence-electron chi connectivity index (χ1n) is 12.5. The molecule has 0 aromatic heterocycles. The third-order valence-electron chi connectivity index (χ3n) is 6.49. The number of carbonyl (C=O) groups is 2. The first-order chi connectivity index (χ1) is 18.0. The highest BCUT2D eigenvalue weighted by Crippen LogP contribution is 2.27. The van der Waals surface area contributed by atoms with E-state index in [1.54, 1.807) is 41.3 Å². The Morgan fingerprint density at radius 2 is 1.55 bits per heavy atom. The number of nitrogens with zero attached hydrogens (tertiary/aromatic N) is 1. The second-order valence-corrected chi connectivity index (χ2v) is 12.0. The minimum absolute atomic E-state index is 0.0212. The number of hydrogen-bond acceptors (Lipinski definition) is 5. The summed E-state index contributed by atoms with van der Waals surface area (Å²) < 4.78 is 34.3. The molecule has 2 amide bonds. The number of anilines is 2. The van der Waals surface area contributed by atoms with Gasteiger partial charge in [0.2, 0.25) is 0 Å². The van der Waals surface area contributed by atoms with Crippen molar-refractivity contribution in [2.24, 2.45) is 0 Å². The normalized spacial score (nSPS) is 13.7. The Morgan fingerprint density at radius 3 is 2.18 bits per heavy atom. The van der Waals surface area contributed by atoms with Crippen LogP contribution in [0.15, 0.2) is 71.6 Å². The molecule has 1 aliphatic heterocycles. The van der Waals surface area contributed by atoms with Crippen molar-refractivity contribution < 1.29 is 22.7 Å². The minimum Gasteiger partial charge on any atom is -0.496 e. The molecule has 0 atom stereocenters. The van der Waals surface area contributed by atoms with E-state index >= 15 is 0 Å². The van der Waals surface area contributed by atoms with Gasteiger partial charge < -0.3 is 15.0 Å². The number of likely N-dealkylation sites (tertiary alicyclic amines) is 1. The van der Waals surface area contributed by atoms with Crippen LogP contribution >= 0.6 is 0 Å². The van der Waals surface area contributed by atoms with Crippen molar-refractivity contribution in [2.75, 3.05) is 30.2 Å². The van der Waals surface area contributed by atoms with E-state index in [1.165, 1.54) is 25.3 Å². The van der Waals surface area contributed by atoms with Crippen molar-refractivity contribution in [1.82, 2.24) is 4.90 Å². The molecule has 38 heavy (non-hydrogen) atoms. The van der Waals surface area contributed by atoms with Crippen LogP contribution in [0.3, 0.4) is 0 Å².